The first-order valence-corrected chi connectivity index (χ1v) is 6.41. The summed E-state index contributed by atoms with van der Waals surface area (Å²) in [7, 11) is 0. The molecule has 0 aromatic heterocycles. The van der Waals surface area contributed by atoms with Gasteiger partial charge < -0.3 is 5.11 Å². The van der Waals surface area contributed by atoms with Crippen LogP contribution in [0, 0.1) is 11.8 Å². The molecule has 2 atom stereocenters. The van der Waals surface area contributed by atoms with Gasteiger partial charge in [-0.1, -0.05) is 28.1 Å². The Morgan fingerprint density at radius 1 is 1.31 bits per heavy atom. The fourth-order valence-electron chi connectivity index (χ4n) is 2.44. The van der Waals surface area contributed by atoms with Crippen molar-refractivity contribution in [3.05, 3.63) is 34.3 Å². The summed E-state index contributed by atoms with van der Waals surface area (Å²) in [6.07, 6.45) is 3.74. The van der Waals surface area contributed by atoms with Gasteiger partial charge in [-0.25, -0.2) is 0 Å². The first-order valence-electron chi connectivity index (χ1n) is 5.62. The molecule has 0 heterocycles. The van der Waals surface area contributed by atoms with Crippen molar-refractivity contribution < 1.29 is 9.90 Å². The van der Waals surface area contributed by atoms with Crippen molar-refractivity contribution in [2.24, 2.45) is 11.8 Å². The first-order chi connectivity index (χ1) is 7.65. The number of carboxylic acids is 1. The summed E-state index contributed by atoms with van der Waals surface area (Å²) in [5.41, 5.74) is 1.30. The van der Waals surface area contributed by atoms with Crippen molar-refractivity contribution in [2.75, 3.05) is 0 Å². The molecule has 1 N–H and O–H groups in total. The van der Waals surface area contributed by atoms with Crippen LogP contribution < -0.4 is 0 Å². The second-order valence-electron chi connectivity index (χ2n) is 4.54. The van der Waals surface area contributed by atoms with Crippen molar-refractivity contribution in [3.63, 3.8) is 0 Å². The van der Waals surface area contributed by atoms with Crippen LogP contribution in [0.5, 0.6) is 0 Å². The van der Waals surface area contributed by atoms with Gasteiger partial charge in [0.1, 0.15) is 0 Å². The zero-order valence-electron chi connectivity index (χ0n) is 9.03. The van der Waals surface area contributed by atoms with Crippen molar-refractivity contribution in [2.45, 2.75) is 25.7 Å². The Kier molecular flexibility index (Phi) is 3.64. The van der Waals surface area contributed by atoms with Crippen LogP contribution in [0.1, 0.15) is 24.8 Å². The summed E-state index contributed by atoms with van der Waals surface area (Å²) >= 11 is 3.41. The van der Waals surface area contributed by atoms with E-state index in [1.54, 1.807) is 0 Å². The third kappa shape index (κ3) is 2.85. The second-order valence-corrected chi connectivity index (χ2v) is 5.46. The van der Waals surface area contributed by atoms with Crippen LogP contribution in [0.25, 0.3) is 0 Å². The largest absolute Gasteiger partial charge is 0.481 e. The topological polar surface area (TPSA) is 37.3 Å². The Labute approximate surface area is 104 Å². The number of halogens is 1. The fourth-order valence-corrected chi connectivity index (χ4v) is 2.70. The molecule has 0 amide bonds. The van der Waals surface area contributed by atoms with Crippen molar-refractivity contribution in [3.8, 4) is 0 Å². The monoisotopic (exact) mass is 282 g/mol. The van der Waals surface area contributed by atoms with E-state index in [0.717, 1.165) is 30.2 Å². The normalized spacial score (nSPS) is 24.6. The Hall–Kier alpha value is -0.830. The molecular weight excluding hydrogens is 268 g/mol. The predicted molar refractivity (Wildman–Crippen MR) is 66.3 cm³/mol. The lowest BCUT2D eigenvalue weighted by Crippen LogP contribution is -2.10. The van der Waals surface area contributed by atoms with E-state index in [1.807, 2.05) is 12.1 Å². The molecule has 0 unspecified atom stereocenters. The lowest BCUT2D eigenvalue weighted by molar-refractivity contribution is -0.141. The van der Waals surface area contributed by atoms with E-state index in [1.165, 1.54) is 5.56 Å². The lowest BCUT2D eigenvalue weighted by atomic mass is 9.97. The SMILES string of the molecule is O=C(O)[C@H]1CC[C@H](Cc2ccc(Br)cc2)C1. The van der Waals surface area contributed by atoms with Crippen LogP contribution in [0.2, 0.25) is 0 Å². The molecule has 1 aliphatic rings. The van der Waals surface area contributed by atoms with E-state index in [9.17, 15) is 4.79 Å². The van der Waals surface area contributed by atoms with Gasteiger partial charge in [0.2, 0.25) is 0 Å². The number of aliphatic carboxylic acids is 1. The van der Waals surface area contributed by atoms with Gasteiger partial charge in [0.15, 0.2) is 0 Å². The number of carboxylic acid groups (broad SMARTS) is 1. The fraction of sp³-hybridized carbons (Fsp3) is 0.462. The number of hydrogen-bond donors (Lipinski definition) is 1. The molecule has 0 aliphatic heterocycles. The van der Waals surface area contributed by atoms with Gasteiger partial charge in [0.05, 0.1) is 5.92 Å². The van der Waals surface area contributed by atoms with Crippen LogP contribution in [0.3, 0.4) is 0 Å². The minimum absolute atomic E-state index is 0.111. The van der Waals surface area contributed by atoms with Gasteiger partial charge in [0, 0.05) is 4.47 Å². The molecule has 0 spiro atoms. The Balaban J connectivity index is 1.92. The third-order valence-electron chi connectivity index (χ3n) is 3.33. The molecule has 2 nitrogen and oxygen atoms in total. The number of benzene rings is 1. The van der Waals surface area contributed by atoms with E-state index in [2.05, 4.69) is 28.1 Å². The number of rotatable bonds is 3. The maximum Gasteiger partial charge on any atom is 0.306 e. The lowest BCUT2D eigenvalue weighted by Gasteiger charge is -2.09. The Bertz CT molecular complexity index is 372. The van der Waals surface area contributed by atoms with Crippen molar-refractivity contribution >= 4 is 21.9 Å². The molecule has 1 saturated carbocycles. The molecule has 0 radical (unpaired) electrons. The predicted octanol–water partition coefficient (Wildman–Crippen LogP) is 3.49. The first kappa shape index (κ1) is 11.6. The smallest absolute Gasteiger partial charge is 0.306 e. The maximum absolute atomic E-state index is 10.8. The Morgan fingerprint density at radius 3 is 2.56 bits per heavy atom. The van der Waals surface area contributed by atoms with E-state index in [0.29, 0.717) is 5.92 Å². The summed E-state index contributed by atoms with van der Waals surface area (Å²) in [4.78, 5) is 10.8. The van der Waals surface area contributed by atoms with E-state index >= 15 is 0 Å². The Morgan fingerprint density at radius 2 is 2.00 bits per heavy atom. The van der Waals surface area contributed by atoms with Crippen LogP contribution in [0.15, 0.2) is 28.7 Å². The molecule has 0 bridgehead atoms. The van der Waals surface area contributed by atoms with E-state index in [-0.39, 0.29) is 5.92 Å². The highest BCUT2D eigenvalue weighted by molar-refractivity contribution is 9.10. The van der Waals surface area contributed by atoms with Gasteiger partial charge in [-0.2, -0.15) is 0 Å². The van der Waals surface area contributed by atoms with E-state index in [4.69, 9.17) is 5.11 Å². The number of carbonyl (C=O) groups is 1. The average Bonchev–Trinajstić information content (AvgIpc) is 2.70. The molecule has 86 valence electrons. The highest BCUT2D eigenvalue weighted by Gasteiger charge is 2.29. The highest BCUT2D eigenvalue weighted by atomic mass is 79.9. The highest BCUT2D eigenvalue weighted by Crippen LogP contribution is 2.33. The van der Waals surface area contributed by atoms with Crippen LogP contribution in [-0.4, -0.2) is 11.1 Å². The molecule has 1 aromatic carbocycles. The summed E-state index contributed by atoms with van der Waals surface area (Å²) < 4.78 is 1.09. The third-order valence-corrected chi connectivity index (χ3v) is 3.86. The quantitative estimate of drug-likeness (QED) is 0.922. The molecule has 1 aliphatic carbocycles. The van der Waals surface area contributed by atoms with Crippen LogP contribution in [-0.2, 0) is 11.2 Å². The van der Waals surface area contributed by atoms with Crippen LogP contribution >= 0.6 is 15.9 Å². The van der Waals surface area contributed by atoms with Gasteiger partial charge >= 0.3 is 5.97 Å². The average molecular weight is 283 g/mol. The minimum Gasteiger partial charge on any atom is -0.481 e. The molecule has 1 fully saturated rings. The second kappa shape index (κ2) is 5.00. The summed E-state index contributed by atoms with van der Waals surface area (Å²) in [5.74, 6) is -0.193. The van der Waals surface area contributed by atoms with Gasteiger partial charge in [-0.15, -0.1) is 0 Å². The zero-order chi connectivity index (χ0) is 11.5. The maximum atomic E-state index is 10.8. The molecule has 0 saturated heterocycles. The molecule has 2 rings (SSSR count). The van der Waals surface area contributed by atoms with E-state index < -0.39 is 5.97 Å². The summed E-state index contributed by atoms with van der Waals surface area (Å²) in [5, 5.41) is 8.93. The van der Waals surface area contributed by atoms with Crippen LogP contribution in [0.4, 0.5) is 0 Å². The molecule has 3 heteroatoms. The molecular formula is C13H15BrO2. The minimum atomic E-state index is -0.627. The number of hydrogen-bond acceptors (Lipinski definition) is 1. The molecule has 16 heavy (non-hydrogen) atoms. The summed E-state index contributed by atoms with van der Waals surface area (Å²) in [6, 6.07) is 8.30. The van der Waals surface area contributed by atoms with Gasteiger partial charge in [0.25, 0.3) is 0 Å². The standard InChI is InChI=1S/C13H15BrO2/c14-12-5-2-9(3-6-12)7-10-1-4-11(8-10)13(15)16/h2-3,5-6,10-11H,1,4,7-8H2,(H,15,16)/t10-,11+/m1/s1. The molecule has 1 aromatic rings. The zero-order valence-corrected chi connectivity index (χ0v) is 10.6. The van der Waals surface area contributed by atoms with Gasteiger partial charge in [-0.05, 0) is 49.3 Å². The van der Waals surface area contributed by atoms with Crippen molar-refractivity contribution in [1.29, 1.82) is 0 Å². The summed E-state index contributed by atoms with van der Waals surface area (Å²) in [6.45, 7) is 0. The van der Waals surface area contributed by atoms with Gasteiger partial charge in [-0.3, -0.25) is 4.79 Å². The van der Waals surface area contributed by atoms with Crippen molar-refractivity contribution in [1.82, 2.24) is 0 Å².